The third-order valence-corrected chi connectivity index (χ3v) is 3.27. The van der Waals surface area contributed by atoms with Gasteiger partial charge in [-0.15, -0.1) is 0 Å². The highest BCUT2D eigenvalue weighted by atomic mass is 16.5. The quantitative estimate of drug-likeness (QED) is 0.816. The zero-order valence-electron chi connectivity index (χ0n) is 9.65. The van der Waals surface area contributed by atoms with E-state index in [0.29, 0.717) is 5.92 Å². The van der Waals surface area contributed by atoms with E-state index in [4.69, 9.17) is 4.74 Å². The lowest BCUT2D eigenvalue weighted by atomic mass is 9.87. The molecule has 3 nitrogen and oxygen atoms in total. The molecule has 2 N–H and O–H groups in total. The van der Waals surface area contributed by atoms with E-state index in [2.05, 4.69) is 11.4 Å². The summed E-state index contributed by atoms with van der Waals surface area (Å²) in [5.74, 6) is 1.20. The molecule has 2 atom stereocenters. The Kier molecular flexibility index (Phi) is 3.80. The van der Waals surface area contributed by atoms with Crippen LogP contribution in [0.2, 0.25) is 0 Å². The summed E-state index contributed by atoms with van der Waals surface area (Å²) in [6.07, 6.45) is 2.23. The van der Waals surface area contributed by atoms with Gasteiger partial charge < -0.3 is 15.2 Å². The molecule has 0 spiro atoms. The van der Waals surface area contributed by atoms with Crippen molar-refractivity contribution in [2.45, 2.75) is 18.9 Å². The van der Waals surface area contributed by atoms with E-state index < -0.39 is 0 Å². The van der Waals surface area contributed by atoms with Crippen molar-refractivity contribution in [3.8, 4) is 5.75 Å². The molecule has 1 fully saturated rings. The molecule has 1 saturated heterocycles. The molecule has 1 heterocycles. The Labute approximate surface area is 96.4 Å². The second-order valence-corrected chi connectivity index (χ2v) is 4.29. The molecule has 1 aliphatic heterocycles. The van der Waals surface area contributed by atoms with Crippen LogP contribution in [-0.2, 0) is 0 Å². The van der Waals surface area contributed by atoms with Gasteiger partial charge in [0.15, 0.2) is 0 Å². The predicted octanol–water partition coefficient (Wildman–Crippen LogP) is 1.73. The molecule has 3 heteroatoms. The van der Waals surface area contributed by atoms with Crippen LogP contribution in [-0.4, -0.2) is 25.4 Å². The molecular weight excluding hydrogens is 202 g/mol. The molecule has 0 aliphatic carbocycles. The molecule has 88 valence electrons. The lowest BCUT2D eigenvalue weighted by Crippen LogP contribution is -2.35. The lowest BCUT2D eigenvalue weighted by Gasteiger charge is -2.31. The van der Waals surface area contributed by atoms with Crippen LogP contribution < -0.4 is 10.1 Å². The Morgan fingerprint density at radius 2 is 2.38 bits per heavy atom. The average molecular weight is 221 g/mol. The Bertz CT molecular complexity index is 340. The molecule has 0 aromatic heterocycles. The molecule has 16 heavy (non-hydrogen) atoms. The van der Waals surface area contributed by atoms with E-state index in [9.17, 15) is 5.11 Å². The van der Waals surface area contributed by atoms with Crippen LogP contribution in [0.5, 0.6) is 5.75 Å². The van der Waals surface area contributed by atoms with Gasteiger partial charge in [0, 0.05) is 18.6 Å². The van der Waals surface area contributed by atoms with Crippen molar-refractivity contribution in [2.24, 2.45) is 5.92 Å². The minimum Gasteiger partial charge on any atom is -0.497 e. The maximum atomic E-state index is 9.38. The number of piperidine rings is 1. The van der Waals surface area contributed by atoms with Crippen LogP contribution >= 0.6 is 0 Å². The third kappa shape index (κ3) is 2.36. The van der Waals surface area contributed by atoms with Gasteiger partial charge in [0.1, 0.15) is 5.75 Å². The topological polar surface area (TPSA) is 41.5 Å². The maximum absolute atomic E-state index is 9.38. The normalized spacial score (nSPS) is 25.4. The Balaban J connectivity index is 2.20. The first-order chi connectivity index (χ1) is 7.85. The second kappa shape index (κ2) is 5.32. The molecule has 0 saturated carbocycles. The number of hydrogen-bond acceptors (Lipinski definition) is 3. The first kappa shape index (κ1) is 11.4. The molecule has 1 aromatic carbocycles. The monoisotopic (exact) mass is 221 g/mol. The number of aliphatic hydroxyl groups excluding tert-OH is 1. The van der Waals surface area contributed by atoms with Crippen LogP contribution in [0.4, 0.5) is 0 Å². The summed E-state index contributed by atoms with van der Waals surface area (Å²) < 4.78 is 5.22. The first-order valence-corrected chi connectivity index (χ1v) is 5.83. The standard InChI is InChI=1S/C13H19NO2/c1-16-12-6-2-4-10(8-12)13-11(9-15)5-3-7-14-13/h2,4,6,8,11,13-15H,3,5,7,9H2,1H3. The van der Waals surface area contributed by atoms with Crippen LogP contribution in [0.15, 0.2) is 24.3 Å². The van der Waals surface area contributed by atoms with Crippen molar-refractivity contribution in [2.75, 3.05) is 20.3 Å². The van der Waals surface area contributed by atoms with Crippen molar-refractivity contribution in [1.82, 2.24) is 5.32 Å². The fourth-order valence-corrected chi connectivity index (χ4v) is 2.38. The molecule has 1 aromatic rings. The number of nitrogens with one attached hydrogen (secondary N) is 1. The summed E-state index contributed by atoms with van der Waals surface area (Å²) in [6.45, 7) is 1.27. The molecule has 0 bridgehead atoms. The smallest absolute Gasteiger partial charge is 0.119 e. The number of hydrogen-bond donors (Lipinski definition) is 2. The summed E-state index contributed by atoms with van der Waals surface area (Å²) in [5, 5.41) is 12.9. The number of ether oxygens (including phenoxy) is 1. The van der Waals surface area contributed by atoms with E-state index in [1.807, 2.05) is 18.2 Å². The zero-order valence-corrected chi connectivity index (χ0v) is 9.65. The van der Waals surface area contributed by atoms with Crippen LogP contribution in [0, 0.1) is 5.92 Å². The van der Waals surface area contributed by atoms with E-state index in [1.165, 1.54) is 5.56 Å². The van der Waals surface area contributed by atoms with E-state index in [1.54, 1.807) is 7.11 Å². The minimum absolute atomic E-state index is 0.245. The Morgan fingerprint density at radius 3 is 3.12 bits per heavy atom. The number of rotatable bonds is 3. The first-order valence-electron chi connectivity index (χ1n) is 5.83. The van der Waals surface area contributed by atoms with Gasteiger partial charge in [-0.25, -0.2) is 0 Å². The van der Waals surface area contributed by atoms with Crippen LogP contribution in [0.25, 0.3) is 0 Å². The highest BCUT2D eigenvalue weighted by molar-refractivity contribution is 5.31. The van der Waals surface area contributed by atoms with Gasteiger partial charge in [-0.1, -0.05) is 12.1 Å². The third-order valence-electron chi connectivity index (χ3n) is 3.27. The predicted molar refractivity (Wildman–Crippen MR) is 63.5 cm³/mol. The zero-order chi connectivity index (χ0) is 11.4. The summed E-state index contributed by atoms with van der Waals surface area (Å²) in [6, 6.07) is 8.34. The fraction of sp³-hybridized carbons (Fsp3) is 0.538. The van der Waals surface area contributed by atoms with Crippen molar-refractivity contribution in [3.05, 3.63) is 29.8 Å². The molecule has 0 amide bonds. The van der Waals surface area contributed by atoms with Crippen molar-refractivity contribution in [3.63, 3.8) is 0 Å². The molecule has 0 radical (unpaired) electrons. The van der Waals surface area contributed by atoms with Gasteiger partial charge >= 0.3 is 0 Å². The summed E-state index contributed by atoms with van der Waals surface area (Å²) in [7, 11) is 1.68. The van der Waals surface area contributed by atoms with E-state index in [-0.39, 0.29) is 12.6 Å². The SMILES string of the molecule is COc1cccc(C2NCCCC2CO)c1. The highest BCUT2D eigenvalue weighted by Crippen LogP contribution is 2.30. The summed E-state index contributed by atoms with van der Waals surface area (Å²) >= 11 is 0. The second-order valence-electron chi connectivity index (χ2n) is 4.29. The largest absolute Gasteiger partial charge is 0.497 e. The summed E-state index contributed by atoms with van der Waals surface area (Å²) in [4.78, 5) is 0. The molecule has 2 rings (SSSR count). The summed E-state index contributed by atoms with van der Waals surface area (Å²) in [5.41, 5.74) is 1.21. The van der Waals surface area contributed by atoms with Gasteiger partial charge in [-0.05, 0) is 37.1 Å². The molecule has 2 unspecified atom stereocenters. The Morgan fingerprint density at radius 1 is 1.50 bits per heavy atom. The van der Waals surface area contributed by atoms with Crippen molar-refractivity contribution in [1.29, 1.82) is 0 Å². The van der Waals surface area contributed by atoms with Gasteiger partial charge in [-0.2, -0.15) is 0 Å². The van der Waals surface area contributed by atoms with Crippen molar-refractivity contribution >= 4 is 0 Å². The van der Waals surface area contributed by atoms with Gasteiger partial charge in [0.2, 0.25) is 0 Å². The highest BCUT2D eigenvalue weighted by Gasteiger charge is 2.25. The minimum atomic E-state index is 0.245. The number of aliphatic hydroxyl groups is 1. The van der Waals surface area contributed by atoms with E-state index >= 15 is 0 Å². The van der Waals surface area contributed by atoms with Gasteiger partial charge in [-0.3, -0.25) is 0 Å². The van der Waals surface area contributed by atoms with Gasteiger partial charge in [0.25, 0.3) is 0 Å². The number of benzene rings is 1. The average Bonchev–Trinajstić information content (AvgIpc) is 2.38. The molecular formula is C13H19NO2. The maximum Gasteiger partial charge on any atom is 0.119 e. The van der Waals surface area contributed by atoms with E-state index in [0.717, 1.165) is 25.1 Å². The molecule has 1 aliphatic rings. The van der Waals surface area contributed by atoms with Crippen LogP contribution in [0.1, 0.15) is 24.4 Å². The lowest BCUT2D eigenvalue weighted by molar-refractivity contribution is 0.160. The van der Waals surface area contributed by atoms with Crippen LogP contribution in [0.3, 0.4) is 0 Å². The van der Waals surface area contributed by atoms with Gasteiger partial charge in [0.05, 0.1) is 7.11 Å². The number of methoxy groups -OCH3 is 1. The Hall–Kier alpha value is -1.06. The fourth-order valence-electron chi connectivity index (χ4n) is 2.38. The van der Waals surface area contributed by atoms with Crippen molar-refractivity contribution < 1.29 is 9.84 Å².